The van der Waals surface area contributed by atoms with E-state index in [9.17, 15) is 5.11 Å². The first-order chi connectivity index (χ1) is 9.46. The smallest absolute Gasteiger partial charge is 0.124 e. The Labute approximate surface area is 119 Å². The summed E-state index contributed by atoms with van der Waals surface area (Å²) >= 11 is 0. The minimum absolute atomic E-state index is 0.118. The normalized spacial score (nSPS) is 12.4. The first-order valence-electron chi connectivity index (χ1n) is 6.55. The highest BCUT2D eigenvalue weighted by atomic mass is 16.4. The van der Waals surface area contributed by atoms with Crippen molar-refractivity contribution in [3.05, 3.63) is 65.2 Å². The van der Waals surface area contributed by atoms with E-state index in [0.717, 1.165) is 5.56 Å². The van der Waals surface area contributed by atoms with Crippen molar-refractivity contribution in [2.45, 2.75) is 26.2 Å². The molecule has 0 unspecified atom stereocenters. The van der Waals surface area contributed by atoms with E-state index in [4.69, 9.17) is 5.21 Å². The van der Waals surface area contributed by atoms with E-state index in [0.29, 0.717) is 11.3 Å². The molecule has 0 aromatic heterocycles. The zero-order valence-corrected chi connectivity index (χ0v) is 12.0. The van der Waals surface area contributed by atoms with Crippen LogP contribution in [-0.4, -0.2) is 16.0 Å². The number of hydrogen-bond donors (Lipinski definition) is 2. The fourth-order valence-electron chi connectivity index (χ4n) is 2.29. The summed E-state index contributed by atoms with van der Waals surface area (Å²) in [5.74, 6) is 0.118. The van der Waals surface area contributed by atoms with Gasteiger partial charge in [0.05, 0.1) is 5.71 Å². The summed E-state index contributed by atoms with van der Waals surface area (Å²) in [6.07, 6.45) is 0. The minimum Gasteiger partial charge on any atom is -0.507 e. The first-order valence-corrected chi connectivity index (χ1v) is 6.55. The number of phenols is 1. The molecule has 0 heterocycles. The van der Waals surface area contributed by atoms with Crippen LogP contribution in [0.25, 0.3) is 0 Å². The van der Waals surface area contributed by atoms with Gasteiger partial charge in [0.1, 0.15) is 5.75 Å². The third kappa shape index (κ3) is 2.52. The van der Waals surface area contributed by atoms with Crippen LogP contribution in [0.4, 0.5) is 0 Å². The van der Waals surface area contributed by atoms with Gasteiger partial charge in [-0.2, -0.15) is 0 Å². The van der Waals surface area contributed by atoms with Gasteiger partial charge in [0.2, 0.25) is 0 Å². The molecule has 0 aliphatic carbocycles. The number of oxime groups is 1. The van der Waals surface area contributed by atoms with E-state index >= 15 is 0 Å². The predicted molar refractivity (Wildman–Crippen MR) is 80.7 cm³/mol. The zero-order chi connectivity index (χ0) is 14.8. The maximum Gasteiger partial charge on any atom is 0.124 e. The van der Waals surface area contributed by atoms with Gasteiger partial charge in [0.15, 0.2) is 0 Å². The largest absolute Gasteiger partial charge is 0.507 e. The second kappa shape index (κ2) is 5.37. The van der Waals surface area contributed by atoms with Gasteiger partial charge in [-0.25, -0.2) is 0 Å². The van der Waals surface area contributed by atoms with Crippen LogP contribution in [0.1, 0.15) is 37.5 Å². The van der Waals surface area contributed by atoms with Crippen molar-refractivity contribution in [1.29, 1.82) is 0 Å². The summed E-state index contributed by atoms with van der Waals surface area (Å²) in [7, 11) is 0. The fourth-order valence-corrected chi connectivity index (χ4v) is 2.29. The van der Waals surface area contributed by atoms with Crippen LogP contribution in [0.5, 0.6) is 5.75 Å². The van der Waals surface area contributed by atoms with Crippen LogP contribution in [-0.2, 0) is 5.41 Å². The van der Waals surface area contributed by atoms with Crippen molar-refractivity contribution in [2.24, 2.45) is 5.16 Å². The first kappa shape index (κ1) is 14.1. The summed E-state index contributed by atoms with van der Waals surface area (Å²) in [5.41, 5.74) is 3.00. The molecule has 0 radical (unpaired) electrons. The molecule has 0 spiro atoms. The Morgan fingerprint density at radius 3 is 2.25 bits per heavy atom. The molecule has 3 nitrogen and oxygen atoms in total. The van der Waals surface area contributed by atoms with E-state index in [1.165, 1.54) is 5.56 Å². The molecule has 0 aliphatic heterocycles. The number of phenolic OH excluding ortho intramolecular Hbond substituents is 1. The van der Waals surface area contributed by atoms with Crippen LogP contribution >= 0.6 is 0 Å². The Morgan fingerprint density at radius 2 is 1.65 bits per heavy atom. The van der Waals surface area contributed by atoms with Gasteiger partial charge < -0.3 is 10.3 Å². The third-order valence-corrected chi connectivity index (χ3v) is 3.75. The summed E-state index contributed by atoms with van der Waals surface area (Å²) < 4.78 is 0. The molecule has 104 valence electrons. The molecule has 0 saturated heterocycles. The molecule has 3 heteroatoms. The average molecular weight is 269 g/mol. The zero-order valence-electron chi connectivity index (χ0n) is 12.0. The van der Waals surface area contributed by atoms with E-state index in [2.05, 4.69) is 31.1 Å². The summed E-state index contributed by atoms with van der Waals surface area (Å²) in [5, 5.41) is 22.0. The maximum absolute atomic E-state index is 9.88. The van der Waals surface area contributed by atoms with Crippen molar-refractivity contribution >= 4 is 5.71 Å². The SMILES string of the molecule is CC(=NO)c1cc(C(C)(C)c2ccccc2)ccc1O. The molecule has 0 amide bonds. The second-order valence-electron chi connectivity index (χ2n) is 5.41. The van der Waals surface area contributed by atoms with Crippen LogP contribution in [0, 0.1) is 0 Å². The average Bonchev–Trinajstić information content (AvgIpc) is 2.47. The number of rotatable bonds is 3. The maximum atomic E-state index is 9.88. The van der Waals surface area contributed by atoms with Crippen molar-refractivity contribution in [3.63, 3.8) is 0 Å². The quantitative estimate of drug-likeness (QED) is 0.504. The molecule has 0 saturated carbocycles. The van der Waals surface area contributed by atoms with Gasteiger partial charge >= 0.3 is 0 Å². The highest BCUT2D eigenvalue weighted by Gasteiger charge is 2.24. The third-order valence-electron chi connectivity index (χ3n) is 3.75. The fraction of sp³-hybridized carbons (Fsp3) is 0.235. The van der Waals surface area contributed by atoms with E-state index in [1.54, 1.807) is 13.0 Å². The van der Waals surface area contributed by atoms with Crippen molar-refractivity contribution in [2.75, 3.05) is 0 Å². The number of hydrogen-bond acceptors (Lipinski definition) is 3. The molecule has 0 bridgehead atoms. The summed E-state index contributed by atoms with van der Waals surface area (Å²) in [4.78, 5) is 0. The van der Waals surface area contributed by atoms with Gasteiger partial charge in [-0.1, -0.05) is 55.4 Å². The van der Waals surface area contributed by atoms with E-state index in [-0.39, 0.29) is 11.2 Å². The van der Waals surface area contributed by atoms with Crippen LogP contribution < -0.4 is 0 Å². The molecular weight excluding hydrogens is 250 g/mol. The second-order valence-corrected chi connectivity index (χ2v) is 5.41. The molecule has 0 fully saturated rings. The highest BCUT2D eigenvalue weighted by molar-refractivity contribution is 6.00. The molecule has 0 aliphatic rings. The van der Waals surface area contributed by atoms with Gasteiger partial charge in [0, 0.05) is 11.0 Å². The molecule has 2 N–H and O–H groups in total. The Kier molecular flexibility index (Phi) is 3.79. The van der Waals surface area contributed by atoms with Crippen LogP contribution in [0.2, 0.25) is 0 Å². The Morgan fingerprint density at radius 1 is 1.00 bits per heavy atom. The van der Waals surface area contributed by atoms with Crippen LogP contribution in [0.15, 0.2) is 53.7 Å². The highest BCUT2D eigenvalue weighted by Crippen LogP contribution is 2.33. The predicted octanol–water partition coefficient (Wildman–Crippen LogP) is 3.92. The topological polar surface area (TPSA) is 52.8 Å². The Balaban J connectivity index is 2.53. The Bertz CT molecular complexity index is 631. The van der Waals surface area contributed by atoms with Gasteiger partial charge in [-0.15, -0.1) is 0 Å². The van der Waals surface area contributed by atoms with Gasteiger partial charge in [0.25, 0.3) is 0 Å². The molecule has 2 rings (SSSR count). The number of aromatic hydroxyl groups is 1. The molecule has 2 aromatic carbocycles. The molecular formula is C17H19NO2. The Hall–Kier alpha value is -2.29. The van der Waals surface area contributed by atoms with Crippen molar-refractivity contribution in [3.8, 4) is 5.75 Å². The lowest BCUT2D eigenvalue weighted by atomic mass is 9.77. The summed E-state index contributed by atoms with van der Waals surface area (Å²) in [6.45, 7) is 5.92. The number of benzene rings is 2. The van der Waals surface area contributed by atoms with E-state index in [1.807, 2.05) is 30.3 Å². The lowest BCUT2D eigenvalue weighted by Gasteiger charge is -2.26. The minimum atomic E-state index is -0.195. The molecule has 2 aromatic rings. The van der Waals surface area contributed by atoms with Gasteiger partial charge in [-0.05, 0) is 30.2 Å². The van der Waals surface area contributed by atoms with Crippen molar-refractivity contribution < 1.29 is 10.3 Å². The van der Waals surface area contributed by atoms with Crippen LogP contribution in [0.3, 0.4) is 0 Å². The number of nitrogens with zero attached hydrogens (tertiary/aromatic N) is 1. The lowest BCUT2D eigenvalue weighted by molar-refractivity contribution is 0.318. The van der Waals surface area contributed by atoms with Gasteiger partial charge in [-0.3, -0.25) is 0 Å². The van der Waals surface area contributed by atoms with Crippen molar-refractivity contribution in [1.82, 2.24) is 0 Å². The summed E-state index contributed by atoms with van der Waals surface area (Å²) in [6, 6.07) is 15.6. The standard InChI is InChI=1S/C17H19NO2/c1-12(18-20)15-11-14(9-10-16(15)19)17(2,3)13-7-5-4-6-8-13/h4-11,19-20H,1-3H3. The molecule has 20 heavy (non-hydrogen) atoms. The lowest BCUT2D eigenvalue weighted by Crippen LogP contribution is -2.19. The monoisotopic (exact) mass is 269 g/mol. The van der Waals surface area contributed by atoms with E-state index < -0.39 is 0 Å². The molecule has 0 atom stereocenters.